The van der Waals surface area contributed by atoms with Crippen molar-refractivity contribution < 1.29 is 5.11 Å². The average Bonchev–Trinajstić information content (AvgIpc) is 2.47. The number of nitrogens with zero attached hydrogens (tertiary/aromatic N) is 2. The molecule has 2 heterocycles. The molecule has 0 atom stereocenters. The summed E-state index contributed by atoms with van der Waals surface area (Å²) < 4.78 is 1.94. The molecule has 2 rings (SSSR count). The fraction of sp³-hybridized carbons (Fsp3) is 0.300. The molecule has 0 N–H and O–H groups in total. The molecular formula is C10H11N2O. The second-order valence-corrected chi connectivity index (χ2v) is 3.28. The average molecular weight is 175 g/mol. The molecule has 0 amide bonds. The first-order valence-electron chi connectivity index (χ1n) is 4.24. The van der Waals surface area contributed by atoms with E-state index >= 15 is 0 Å². The third-order valence-electron chi connectivity index (χ3n) is 2.10. The van der Waals surface area contributed by atoms with E-state index in [1.165, 1.54) is 5.56 Å². The van der Waals surface area contributed by atoms with E-state index in [4.69, 9.17) is 0 Å². The quantitative estimate of drug-likeness (QED) is 0.652. The van der Waals surface area contributed by atoms with Gasteiger partial charge in [-0.25, -0.2) is 10.1 Å². The molecule has 0 aliphatic carbocycles. The molecule has 1 radical (unpaired) electrons. The minimum Gasteiger partial charge on any atom is -0.304 e. The van der Waals surface area contributed by atoms with E-state index in [0.717, 1.165) is 11.3 Å². The fourth-order valence-corrected chi connectivity index (χ4v) is 1.54. The molecule has 0 unspecified atom stereocenters. The van der Waals surface area contributed by atoms with Crippen molar-refractivity contribution in [3.8, 4) is 0 Å². The monoisotopic (exact) mass is 175 g/mol. The van der Waals surface area contributed by atoms with Crippen LogP contribution >= 0.6 is 0 Å². The van der Waals surface area contributed by atoms with Crippen LogP contribution in [0, 0.1) is 13.8 Å². The minimum absolute atomic E-state index is 0.250. The summed E-state index contributed by atoms with van der Waals surface area (Å²) in [5.74, 6) is 0. The molecule has 0 aromatic carbocycles. The van der Waals surface area contributed by atoms with Crippen LogP contribution in [-0.4, -0.2) is 9.38 Å². The van der Waals surface area contributed by atoms with Crippen LogP contribution in [0.4, 0.5) is 0 Å². The Kier molecular flexibility index (Phi) is 1.81. The Balaban J connectivity index is 2.75. The van der Waals surface area contributed by atoms with Gasteiger partial charge in [0, 0.05) is 11.9 Å². The number of rotatable bonds is 1. The largest absolute Gasteiger partial charge is 0.304 e. The van der Waals surface area contributed by atoms with Gasteiger partial charge >= 0.3 is 0 Å². The van der Waals surface area contributed by atoms with Crippen molar-refractivity contribution in [3.05, 3.63) is 35.3 Å². The third-order valence-corrected chi connectivity index (χ3v) is 2.10. The van der Waals surface area contributed by atoms with Gasteiger partial charge in [-0.2, -0.15) is 0 Å². The van der Waals surface area contributed by atoms with Crippen LogP contribution in [0.15, 0.2) is 18.3 Å². The van der Waals surface area contributed by atoms with E-state index in [1.807, 2.05) is 24.3 Å². The maximum atomic E-state index is 10.6. The lowest BCUT2D eigenvalue weighted by atomic mass is 10.2. The van der Waals surface area contributed by atoms with Gasteiger partial charge < -0.3 is 4.40 Å². The third kappa shape index (κ3) is 1.31. The summed E-state index contributed by atoms with van der Waals surface area (Å²) >= 11 is 0. The molecule has 2 aromatic rings. The van der Waals surface area contributed by atoms with E-state index < -0.39 is 0 Å². The summed E-state index contributed by atoms with van der Waals surface area (Å²) in [5.41, 5.74) is 3.76. The van der Waals surface area contributed by atoms with Gasteiger partial charge in [-0.3, -0.25) is 0 Å². The molecule has 0 saturated heterocycles. The summed E-state index contributed by atoms with van der Waals surface area (Å²) in [6.45, 7) is 3.79. The second-order valence-electron chi connectivity index (χ2n) is 3.28. The lowest BCUT2D eigenvalue weighted by molar-refractivity contribution is 0.174. The summed E-state index contributed by atoms with van der Waals surface area (Å²) in [7, 11) is 0. The van der Waals surface area contributed by atoms with Gasteiger partial charge in [-0.1, -0.05) is 0 Å². The number of aryl methyl sites for hydroxylation is 2. The van der Waals surface area contributed by atoms with Crippen LogP contribution in [-0.2, 0) is 11.7 Å². The molecule has 0 saturated carbocycles. The maximum absolute atomic E-state index is 10.6. The molecule has 3 nitrogen and oxygen atoms in total. The Labute approximate surface area is 76.7 Å². The van der Waals surface area contributed by atoms with Crippen LogP contribution in [0.5, 0.6) is 0 Å². The number of pyridine rings is 1. The Hall–Kier alpha value is -1.35. The number of hydrogen-bond acceptors (Lipinski definition) is 1. The molecule has 0 aliphatic rings. The molecule has 0 aliphatic heterocycles. The Morgan fingerprint density at radius 2 is 2.15 bits per heavy atom. The highest BCUT2D eigenvalue weighted by atomic mass is 16.3. The van der Waals surface area contributed by atoms with Crippen molar-refractivity contribution in [2.24, 2.45) is 0 Å². The van der Waals surface area contributed by atoms with Gasteiger partial charge in [0.25, 0.3) is 0 Å². The van der Waals surface area contributed by atoms with E-state index in [2.05, 4.69) is 11.1 Å². The number of fused-ring (bicyclic) bond motifs is 1. The highest BCUT2D eigenvalue weighted by Crippen LogP contribution is 2.11. The van der Waals surface area contributed by atoms with Crippen LogP contribution in [0.3, 0.4) is 0 Å². The Morgan fingerprint density at radius 3 is 2.85 bits per heavy atom. The first-order valence-corrected chi connectivity index (χ1v) is 4.24. The molecule has 3 heteroatoms. The molecule has 13 heavy (non-hydrogen) atoms. The van der Waals surface area contributed by atoms with Crippen LogP contribution in [0.1, 0.15) is 17.0 Å². The Morgan fingerprint density at radius 1 is 1.38 bits per heavy atom. The summed E-state index contributed by atoms with van der Waals surface area (Å²) in [4.78, 5) is 4.20. The highest BCUT2D eigenvalue weighted by Gasteiger charge is 2.02. The summed E-state index contributed by atoms with van der Waals surface area (Å²) in [6.07, 6.45) is 1.80. The normalized spacial score (nSPS) is 11.0. The van der Waals surface area contributed by atoms with Crippen molar-refractivity contribution in [1.82, 2.24) is 9.38 Å². The van der Waals surface area contributed by atoms with E-state index in [9.17, 15) is 5.11 Å². The smallest absolute Gasteiger partial charge is 0.137 e. The zero-order chi connectivity index (χ0) is 9.42. The molecule has 67 valence electrons. The molecule has 0 bridgehead atoms. The molecule has 0 spiro atoms. The van der Waals surface area contributed by atoms with Gasteiger partial charge in [-0.15, -0.1) is 0 Å². The van der Waals surface area contributed by atoms with E-state index in [0.29, 0.717) is 5.69 Å². The van der Waals surface area contributed by atoms with Gasteiger partial charge in [0.1, 0.15) is 12.3 Å². The summed E-state index contributed by atoms with van der Waals surface area (Å²) in [6, 6.07) is 4.05. The van der Waals surface area contributed by atoms with Crippen molar-refractivity contribution in [2.75, 3.05) is 0 Å². The lowest BCUT2D eigenvalue weighted by Gasteiger charge is -1.99. The molecule has 2 aromatic heterocycles. The Bertz CT molecular complexity index is 445. The predicted octanol–water partition coefficient (Wildman–Crippen LogP) is 1.88. The minimum atomic E-state index is -0.250. The lowest BCUT2D eigenvalue weighted by Crippen LogP contribution is -1.89. The van der Waals surface area contributed by atoms with Crippen LogP contribution in [0.2, 0.25) is 0 Å². The van der Waals surface area contributed by atoms with Gasteiger partial charge in [0.05, 0.1) is 5.69 Å². The van der Waals surface area contributed by atoms with Crippen molar-refractivity contribution >= 4 is 5.65 Å². The molecule has 0 fully saturated rings. The zero-order valence-electron chi connectivity index (χ0n) is 7.74. The van der Waals surface area contributed by atoms with E-state index in [-0.39, 0.29) is 6.61 Å². The SMILES string of the molecule is Cc1cc(C)n2cc(C[O])nc2c1. The maximum Gasteiger partial charge on any atom is 0.137 e. The van der Waals surface area contributed by atoms with Gasteiger partial charge in [0.2, 0.25) is 0 Å². The van der Waals surface area contributed by atoms with Crippen molar-refractivity contribution in [3.63, 3.8) is 0 Å². The number of imidazole rings is 1. The summed E-state index contributed by atoms with van der Waals surface area (Å²) in [5, 5.41) is 10.6. The van der Waals surface area contributed by atoms with Crippen molar-refractivity contribution in [2.45, 2.75) is 20.5 Å². The first kappa shape index (κ1) is 8.26. The van der Waals surface area contributed by atoms with Crippen molar-refractivity contribution in [1.29, 1.82) is 0 Å². The van der Waals surface area contributed by atoms with E-state index in [1.54, 1.807) is 6.20 Å². The topological polar surface area (TPSA) is 37.2 Å². The highest BCUT2D eigenvalue weighted by molar-refractivity contribution is 5.44. The zero-order valence-corrected chi connectivity index (χ0v) is 7.74. The second kappa shape index (κ2) is 2.85. The number of hydrogen-bond donors (Lipinski definition) is 0. The predicted molar refractivity (Wildman–Crippen MR) is 49.1 cm³/mol. The number of aromatic nitrogens is 2. The van der Waals surface area contributed by atoms with Crippen LogP contribution in [0.25, 0.3) is 5.65 Å². The van der Waals surface area contributed by atoms with Gasteiger partial charge in [-0.05, 0) is 31.5 Å². The molecular weight excluding hydrogens is 164 g/mol. The van der Waals surface area contributed by atoms with Gasteiger partial charge in [0.15, 0.2) is 0 Å². The van der Waals surface area contributed by atoms with Crippen LogP contribution < -0.4 is 0 Å². The first-order chi connectivity index (χ1) is 6.20. The standard InChI is InChI=1S/C10H11N2O/c1-7-3-8(2)12-5-9(6-13)11-10(12)4-7/h3-5H,6H2,1-2H3. The fourth-order valence-electron chi connectivity index (χ4n) is 1.54.